The molecular weight excluding hydrogens is 170 g/mol. The average molecular weight is 183 g/mol. The molecule has 0 aliphatic heterocycles. The van der Waals surface area contributed by atoms with Crippen molar-refractivity contribution in [1.82, 2.24) is 4.57 Å². The maximum atomic E-state index is 5.65. The molecule has 0 amide bonds. The minimum Gasteiger partial charge on any atom is -0.319 e. The number of aryl methyl sites for hydroxylation is 2. The highest BCUT2D eigenvalue weighted by atomic mass is 15.0. The zero-order chi connectivity index (χ0) is 10.1. The third-order valence-corrected chi connectivity index (χ3v) is 2.42. The smallest absolute Gasteiger partial charge is 0.0455 e. The highest BCUT2D eigenvalue weighted by Crippen LogP contribution is 2.16. The summed E-state index contributed by atoms with van der Waals surface area (Å²) in [5.74, 6) is 0. The number of benzene rings is 1. The van der Waals surface area contributed by atoms with Crippen LogP contribution in [0.3, 0.4) is 0 Å². The quantitative estimate of drug-likeness (QED) is 0.640. The van der Waals surface area contributed by atoms with Crippen LogP contribution in [0.1, 0.15) is 17.0 Å². The van der Waals surface area contributed by atoms with E-state index >= 15 is 0 Å². The zero-order valence-corrected chi connectivity index (χ0v) is 8.49. The highest BCUT2D eigenvalue weighted by Gasteiger charge is 2.02. The molecule has 2 rings (SSSR count). The maximum absolute atomic E-state index is 5.65. The molecule has 0 N–H and O–H groups in total. The van der Waals surface area contributed by atoms with Gasteiger partial charge in [-0.2, -0.15) is 0 Å². The van der Waals surface area contributed by atoms with Gasteiger partial charge < -0.3 is 4.57 Å². The molecule has 1 nitrogen and oxygen atoms in total. The first-order chi connectivity index (χ1) is 6.68. The SMILES string of the molecule is [CH]c1ccc(-n2c(C)ccc2C)cc1. The second-order valence-electron chi connectivity index (χ2n) is 3.54. The Kier molecular flexibility index (Phi) is 2.16. The minimum atomic E-state index is 0.802. The Morgan fingerprint density at radius 3 is 1.86 bits per heavy atom. The Labute approximate surface area is 85.0 Å². The van der Waals surface area contributed by atoms with Crippen molar-refractivity contribution in [1.29, 1.82) is 0 Å². The van der Waals surface area contributed by atoms with Gasteiger partial charge in [0.1, 0.15) is 0 Å². The summed E-state index contributed by atoms with van der Waals surface area (Å²) in [7, 11) is 0. The molecule has 0 fully saturated rings. The van der Waals surface area contributed by atoms with Gasteiger partial charge in [0.2, 0.25) is 0 Å². The third-order valence-electron chi connectivity index (χ3n) is 2.42. The number of aromatic nitrogens is 1. The van der Waals surface area contributed by atoms with Gasteiger partial charge >= 0.3 is 0 Å². The van der Waals surface area contributed by atoms with Crippen LogP contribution in [0.25, 0.3) is 5.69 Å². The van der Waals surface area contributed by atoms with Gasteiger partial charge in [-0.05, 0) is 50.6 Å². The monoisotopic (exact) mass is 183 g/mol. The molecule has 0 spiro atoms. The Morgan fingerprint density at radius 1 is 0.857 bits per heavy atom. The Morgan fingerprint density at radius 2 is 1.36 bits per heavy atom. The molecule has 0 unspecified atom stereocenters. The van der Waals surface area contributed by atoms with Gasteiger partial charge in [-0.1, -0.05) is 12.1 Å². The molecule has 0 aliphatic carbocycles. The molecule has 14 heavy (non-hydrogen) atoms. The van der Waals surface area contributed by atoms with Crippen LogP contribution >= 0.6 is 0 Å². The molecule has 0 aliphatic rings. The van der Waals surface area contributed by atoms with Crippen LogP contribution in [0.2, 0.25) is 0 Å². The maximum Gasteiger partial charge on any atom is 0.0455 e. The van der Waals surface area contributed by atoms with Crippen molar-refractivity contribution in [2.75, 3.05) is 0 Å². The van der Waals surface area contributed by atoms with E-state index < -0.39 is 0 Å². The first-order valence-corrected chi connectivity index (χ1v) is 4.69. The molecule has 0 saturated carbocycles. The Bertz CT molecular complexity index is 415. The summed E-state index contributed by atoms with van der Waals surface area (Å²) < 4.78 is 2.21. The van der Waals surface area contributed by atoms with Crippen molar-refractivity contribution in [3.8, 4) is 5.69 Å². The van der Waals surface area contributed by atoms with Gasteiger partial charge in [-0.3, -0.25) is 0 Å². The van der Waals surface area contributed by atoms with Gasteiger partial charge in [0, 0.05) is 17.1 Å². The zero-order valence-electron chi connectivity index (χ0n) is 8.49. The molecule has 2 aromatic rings. The first-order valence-electron chi connectivity index (χ1n) is 4.69. The van der Waals surface area contributed by atoms with Crippen molar-refractivity contribution in [2.45, 2.75) is 13.8 Å². The lowest BCUT2D eigenvalue weighted by Crippen LogP contribution is -1.97. The topological polar surface area (TPSA) is 4.93 Å². The van der Waals surface area contributed by atoms with Crippen molar-refractivity contribution in [3.63, 3.8) is 0 Å². The van der Waals surface area contributed by atoms with Crippen molar-refractivity contribution >= 4 is 0 Å². The van der Waals surface area contributed by atoms with E-state index in [9.17, 15) is 0 Å². The van der Waals surface area contributed by atoms with E-state index in [0.29, 0.717) is 0 Å². The van der Waals surface area contributed by atoms with Crippen molar-refractivity contribution in [2.24, 2.45) is 0 Å². The molecule has 1 aromatic carbocycles. The van der Waals surface area contributed by atoms with Crippen LogP contribution in [0, 0.1) is 20.8 Å². The standard InChI is InChI=1S/C13H13N/c1-10-4-8-13(9-5-10)14-11(2)6-7-12(14)3/h1,4-9H,2-3H3. The molecule has 70 valence electrons. The summed E-state index contributed by atoms with van der Waals surface area (Å²) in [6.45, 7) is 9.85. The van der Waals surface area contributed by atoms with Crippen LogP contribution < -0.4 is 0 Å². The second-order valence-corrected chi connectivity index (χ2v) is 3.54. The van der Waals surface area contributed by atoms with E-state index in [1.165, 1.54) is 17.1 Å². The van der Waals surface area contributed by atoms with E-state index in [0.717, 1.165) is 5.56 Å². The lowest BCUT2D eigenvalue weighted by Gasteiger charge is -2.09. The summed E-state index contributed by atoms with van der Waals surface area (Å²) in [5, 5.41) is 0. The van der Waals surface area contributed by atoms with Gasteiger partial charge in [-0.15, -0.1) is 0 Å². The van der Waals surface area contributed by atoms with E-state index in [-0.39, 0.29) is 0 Å². The van der Waals surface area contributed by atoms with E-state index in [1.54, 1.807) is 0 Å². The summed E-state index contributed by atoms with van der Waals surface area (Å²) in [6.07, 6.45) is 0. The molecule has 2 radical (unpaired) electrons. The second kappa shape index (κ2) is 3.33. The molecule has 0 bridgehead atoms. The lowest BCUT2D eigenvalue weighted by molar-refractivity contribution is 0.965. The molecule has 1 heterocycles. The molecule has 1 aromatic heterocycles. The summed E-state index contributed by atoms with van der Waals surface area (Å²) in [6, 6.07) is 12.2. The fraction of sp³-hybridized carbons (Fsp3) is 0.154. The fourth-order valence-electron chi connectivity index (χ4n) is 1.70. The van der Waals surface area contributed by atoms with E-state index in [2.05, 4.69) is 30.5 Å². The predicted octanol–water partition coefficient (Wildman–Crippen LogP) is 3.15. The van der Waals surface area contributed by atoms with Crippen LogP contribution in [0.4, 0.5) is 0 Å². The third kappa shape index (κ3) is 1.46. The highest BCUT2D eigenvalue weighted by molar-refractivity contribution is 5.39. The Hall–Kier alpha value is -1.50. The average Bonchev–Trinajstić information content (AvgIpc) is 2.49. The minimum absolute atomic E-state index is 0.802. The van der Waals surface area contributed by atoms with Crippen LogP contribution in [-0.4, -0.2) is 4.57 Å². The predicted molar refractivity (Wildman–Crippen MR) is 58.6 cm³/mol. The molecule has 0 saturated heterocycles. The van der Waals surface area contributed by atoms with E-state index in [1.807, 2.05) is 24.3 Å². The summed E-state index contributed by atoms with van der Waals surface area (Å²) in [4.78, 5) is 0. The van der Waals surface area contributed by atoms with Gasteiger partial charge in [0.25, 0.3) is 0 Å². The van der Waals surface area contributed by atoms with Gasteiger partial charge in [-0.25, -0.2) is 0 Å². The fourth-order valence-corrected chi connectivity index (χ4v) is 1.70. The largest absolute Gasteiger partial charge is 0.319 e. The summed E-state index contributed by atoms with van der Waals surface area (Å²) >= 11 is 0. The summed E-state index contributed by atoms with van der Waals surface area (Å²) in [5.41, 5.74) is 4.45. The first kappa shape index (κ1) is 9.07. The Balaban J connectivity index is 2.54. The van der Waals surface area contributed by atoms with Crippen LogP contribution in [0.15, 0.2) is 36.4 Å². The van der Waals surface area contributed by atoms with Gasteiger partial charge in [0.05, 0.1) is 0 Å². The normalized spacial score (nSPS) is 10.5. The molecule has 0 atom stereocenters. The van der Waals surface area contributed by atoms with E-state index in [4.69, 9.17) is 6.92 Å². The lowest BCUT2D eigenvalue weighted by atomic mass is 10.2. The van der Waals surface area contributed by atoms with Crippen LogP contribution in [-0.2, 0) is 0 Å². The molecular formula is C13H13N. The number of nitrogens with zero attached hydrogens (tertiary/aromatic N) is 1. The number of hydrogen-bond acceptors (Lipinski definition) is 0. The number of rotatable bonds is 1. The van der Waals surface area contributed by atoms with Crippen molar-refractivity contribution < 1.29 is 0 Å². The number of hydrogen-bond donors (Lipinski definition) is 0. The van der Waals surface area contributed by atoms with Gasteiger partial charge in [0.15, 0.2) is 0 Å². The van der Waals surface area contributed by atoms with Crippen LogP contribution in [0.5, 0.6) is 0 Å². The molecule has 1 heteroatoms. The van der Waals surface area contributed by atoms with Crippen molar-refractivity contribution in [3.05, 3.63) is 60.3 Å².